The van der Waals surface area contributed by atoms with Crippen LogP contribution in [-0.2, 0) is 6.42 Å². The second-order valence-electron chi connectivity index (χ2n) is 7.43. The highest BCUT2D eigenvalue weighted by atomic mass is 16.1. The van der Waals surface area contributed by atoms with E-state index in [2.05, 4.69) is 40.9 Å². The summed E-state index contributed by atoms with van der Waals surface area (Å²) in [7, 11) is 0. The minimum absolute atomic E-state index is 0.125. The maximum Gasteiger partial charge on any atom is 0.251 e. The molecule has 0 aliphatic rings. The minimum Gasteiger partial charge on any atom is -0.352 e. The lowest BCUT2D eigenvalue weighted by molar-refractivity contribution is 0.0954. The number of hydrazone groups is 1. The third-order valence-electron chi connectivity index (χ3n) is 5.16. The summed E-state index contributed by atoms with van der Waals surface area (Å²) in [6.45, 7) is 0.530. The van der Waals surface area contributed by atoms with E-state index >= 15 is 0 Å². The number of rotatable bonds is 8. The van der Waals surface area contributed by atoms with Crippen LogP contribution in [0.1, 0.15) is 21.6 Å². The summed E-state index contributed by atoms with van der Waals surface area (Å²) in [5.41, 5.74) is 6.96. The van der Waals surface area contributed by atoms with E-state index in [1.807, 2.05) is 42.5 Å². The molecule has 2 aromatic carbocycles. The van der Waals surface area contributed by atoms with E-state index in [0.717, 1.165) is 22.3 Å². The number of benzene rings is 2. The quantitative estimate of drug-likeness (QED) is 0.246. The number of carbonyl (C=O) groups is 1. The third-order valence-corrected chi connectivity index (χ3v) is 5.16. The molecule has 10 nitrogen and oxygen atoms in total. The van der Waals surface area contributed by atoms with Crippen molar-refractivity contribution in [2.24, 2.45) is 5.10 Å². The Bertz CT molecular complexity index is 1410. The maximum atomic E-state index is 12.3. The van der Waals surface area contributed by atoms with Gasteiger partial charge in [-0.3, -0.25) is 10.2 Å². The van der Waals surface area contributed by atoms with Crippen molar-refractivity contribution in [2.75, 3.05) is 12.0 Å². The highest BCUT2D eigenvalue weighted by Crippen LogP contribution is 2.21. The Labute approximate surface area is 194 Å². The molecular weight excluding hydrogens is 430 g/mol. The predicted octanol–water partition coefficient (Wildman–Crippen LogP) is 2.96. The molecule has 0 spiro atoms. The van der Waals surface area contributed by atoms with Crippen LogP contribution in [0.3, 0.4) is 0 Å². The lowest BCUT2D eigenvalue weighted by Gasteiger charge is -2.05. The van der Waals surface area contributed by atoms with Crippen LogP contribution in [0, 0.1) is 0 Å². The van der Waals surface area contributed by atoms with Gasteiger partial charge in [0, 0.05) is 30.4 Å². The summed E-state index contributed by atoms with van der Waals surface area (Å²) in [4.78, 5) is 27.9. The number of hydrogen-bond donors (Lipinski definition) is 3. The number of imidazole rings is 1. The SMILES string of the molecule is O=C(NCCc1cnc[nH]1)c1ccc(/C=N\Nc2ncnc3c2cnn3-c2ccccc2)cc1. The zero-order valence-corrected chi connectivity index (χ0v) is 18.1. The summed E-state index contributed by atoms with van der Waals surface area (Å²) >= 11 is 0. The van der Waals surface area contributed by atoms with E-state index < -0.39 is 0 Å². The molecule has 0 fully saturated rings. The topological polar surface area (TPSA) is 126 Å². The monoisotopic (exact) mass is 451 g/mol. The van der Waals surface area contributed by atoms with Gasteiger partial charge in [-0.05, 0) is 29.8 Å². The van der Waals surface area contributed by atoms with E-state index in [4.69, 9.17) is 0 Å². The van der Waals surface area contributed by atoms with Crippen LogP contribution in [0.15, 0.2) is 84.7 Å². The molecule has 0 radical (unpaired) electrons. The van der Waals surface area contributed by atoms with E-state index in [1.54, 1.807) is 41.8 Å². The molecule has 10 heteroatoms. The average Bonchev–Trinajstić information content (AvgIpc) is 3.55. The summed E-state index contributed by atoms with van der Waals surface area (Å²) in [6.07, 6.45) is 8.91. The van der Waals surface area contributed by atoms with Gasteiger partial charge in [-0.1, -0.05) is 30.3 Å². The number of anilines is 1. The standard InChI is InChI=1S/C24H21N9O/c34-24(26-11-10-19-13-25-15-27-19)18-8-6-17(7-9-18)12-30-32-22-21-14-31-33(23(21)29-16-28-22)20-4-2-1-3-5-20/h1-9,12-16H,10-11H2,(H,25,27)(H,26,34)(H,28,29,32)/b30-12-. The van der Waals surface area contributed by atoms with Crippen LogP contribution in [0.2, 0.25) is 0 Å². The molecule has 3 heterocycles. The normalized spacial score (nSPS) is 11.2. The number of para-hydroxylation sites is 1. The van der Waals surface area contributed by atoms with Crippen LogP contribution in [-0.4, -0.2) is 48.4 Å². The van der Waals surface area contributed by atoms with Crippen LogP contribution in [0.4, 0.5) is 5.82 Å². The van der Waals surface area contributed by atoms with E-state index in [0.29, 0.717) is 30.0 Å². The molecule has 168 valence electrons. The highest BCUT2D eigenvalue weighted by Gasteiger charge is 2.10. The van der Waals surface area contributed by atoms with Crippen molar-refractivity contribution < 1.29 is 4.79 Å². The number of aromatic nitrogens is 6. The van der Waals surface area contributed by atoms with Gasteiger partial charge >= 0.3 is 0 Å². The largest absolute Gasteiger partial charge is 0.352 e. The first-order valence-electron chi connectivity index (χ1n) is 10.7. The zero-order chi connectivity index (χ0) is 23.2. The van der Waals surface area contributed by atoms with E-state index in [-0.39, 0.29) is 5.91 Å². The molecule has 0 aliphatic carbocycles. The zero-order valence-electron chi connectivity index (χ0n) is 18.1. The Hall–Kier alpha value is -4.86. The van der Waals surface area contributed by atoms with Gasteiger partial charge in [0.1, 0.15) is 6.33 Å². The minimum atomic E-state index is -0.125. The number of hydrogen-bond acceptors (Lipinski definition) is 7. The van der Waals surface area contributed by atoms with Crippen molar-refractivity contribution in [1.82, 2.24) is 35.0 Å². The number of fused-ring (bicyclic) bond motifs is 1. The Balaban J connectivity index is 1.21. The van der Waals surface area contributed by atoms with Crippen molar-refractivity contribution in [3.63, 3.8) is 0 Å². The van der Waals surface area contributed by atoms with Crippen LogP contribution >= 0.6 is 0 Å². The number of carbonyl (C=O) groups excluding carboxylic acids is 1. The first kappa shape index (κ1) is 21.0. The van der Waals surface area contributed by atoms with Crippen molar-refractivity contribution in [1.29, 1.82) is 0 Å². The number of aromatic amines is 1. The maximum absolute atomic E-state index is 12.3. The highest BCUT2D eigenvalue weighted by molar-refractivity contribution is 5.95. The molecule has 3 aromatic heterocycles. The summed E-state index contributed by atoms with van der Waals surface area (Å²) in [6, 6.07) is 17.0. The lowest BCUT2D eigenvalue weighted by atomic mass is 10.1. The smallest absolute Gasteiger partial charge is 0.251 e. The van der Waals surface area contributed by atoms with Gasteiger partial charge in [-0.2, -0.15) is 10.2 Å². The molecule has 3 N–H and O–H groups in total. The molecule has 0 unspecified atom stereocenters. The van der Waals surface area contributed by atoms with Crippen molar-refractivity contribution in [3.8, 4) is 5.69 Å². The fraction of sp³-hybridized carbons (Fsp3) is 0.0833. The Morgan fingerprint density at radius 2 is 1.91 bits per heavy atom. The molecule has 0 bridgehead atoms. The second kappa shape index (κ2) is 9.74. The molecule has 0 saturated carbocycles. The molecular formula is C24H21N9O. The Kier molecular flexibility index (Phi) is 6.02. The Morgan fingerprint density at radius 3 is 2.71 bits per heavy atom. The number of amides is 1. The van der Waals surface area contributed by atoms with Gasteiger partial charge < -0.3 is 10.3 Å². The molecule has 0 atom stereocenters. The first-order chi connectivity index (χ1) is 16.8. The van der Waals surface area contributed by atoms with Gasteiger partial charge in [-0.25, -0.2) is 19.6 Å². The van der Waals surface area contributed by atoms with Crippen molar-refractivity contribution in [3.05, 3.63) is 96.5 Å². The van der Waals surface area contributed by atoms with Crippen molar-refractivity contribution >= 4 is 29.0 Å². The van der Waals surface area contributed by atoms with Gasteiger partial charge in [0.15, 0.2) is 11.5 Å². The molecule has 34 heavy (non-hydrogen) atoms. The Morgan fingerprint density at radius 1 is 1.06 bits per heavy atom. The number of nitrogens with one attached hydrogen (secondary N) is 3. The molecule has 0 aliphatic heterocycles. The van der Waals surface area contributed by atoms with E-state index in [9.17, 15) is 4.79 Å². The van der Waals surface area contributed by atoms with Crippen LogP contribution in [0.5, 0.6) is 0 Å². The third kappa shape index (κ3) is 4.65. The lowest BCUT2D eigenvalue weighted by Crippen LogP contribution is -2.25. The van der Waals surface area contributed by atoms with Gasteiger partial charge in [0.2, 0.25) is 0 Å². The summed E-state index contributed by atoms with van der Waals surface area (Å²) in [5.74, 6) is 0.427. The molecule has 1 amide bonds. The first-order valence-corrected chi connectivity index (χ1v) is 10.7. The van der Waals surface area contributed by atoms with Crippen molar-refractivity contribution in [2.45, 2.75) is 6.42 Å². The van der Waals surface area contributed by atoms with Gasteiger partial charge in [0.25, 0.3) is 5.91 Å². The van der Waals surface area contributed by atoms with Gasteiger partial charge in [0.05, 0.1) is 29.8 Å². The number of H-pyrrole nitrogens is 1. The average molecular weight is 451 g/mol. The summed E-state index contributed by atoms with van der Waals surface area (Å²) < 4.78 is 1.75. The van der Waals surface area contributed by atoms with Crippen LogP contribution < -0.4 is 10.7 Å². The number of nitrogens with zero attached hydrogens (tertiary/aromatic N) is 6. The molecule has 5 aromatic rings. The fourth-order valence-corrected chi connectivity index (χ4v) is 3.41. The summed E-state index contributed by atoms with van der Waals surface area (Å²) in [5, 5.41) is 12.4. The molecule has 5 rings (SSSR count). The predicted molar refractivity (Wildman–Crippen MR) is 129 cm³/mol. The fourth-order valence-electron chi connectivity index (χ4n) is 3.41. The van der Waals surface area contributed by atoms with Gasteiger partial charge in [-0.15, -0.1) is 0 Å². The van der Waals surface area contributed by atoms with Crippen LogP contribution in [0.25, 0.3) is 16.7 Å². The second-order valence-corrected chi connectivity index (χ2v) is 7.43. The van der Waals surface area contributed by atoms with E-state index in [1.165, 1.54) is 6.33 Å². The molecule has 0 saturated heterocycles.